The summed E-state index contributed by atoms with van der Waals surface area (Å²) in [4.78, 5) is 67.3. The van der Waals surface area contributed by atoms with Crippen molar-refractivity contribution in [2.75, 3.05) is 64.0 Å². The van der Waals surface area contributed by atoms with Gasteiger partial charge in [0.15, 0.2) is 5.82 Å². The molecule has 2 bridgehead atoms. The lowest BCUT2D eigenvalue weighted by Crippen LogP contribution is -2.58. The van der Waals surface area contributed by atoms with Crippen LogP contribution in [0.2, 0.25) is 0 Å². The molecule has 4 saturated heterocycles. The van der Waals surface area contributed by atoms with E-state index in [0.29, 0.717) is 68.0 Å². The SMILES string of the molecule is CCc1cccc2cc(O)cc(-c3ncc4c(N5CC6CCC(C5)N6)nc(OCCN5CCC(COCC(=O)NC(C(=O)N6CCCC6C(=O)NC(C)c6ccc(-c7scnc7C)cc6)C(C)(C)C)CC5)nc4c3F)c12. The van der Waals surface area contributed by atoms with Crippen LogP contribution < -0.4 is 25.6 Å². The summed E-state index contributed by atoms with van der Waals surface area (Å²) in [5.74, 6) is -0.550. The number of ether oxygens (including phenoxy) is 2. The highest BCUT2D eigenvalue weighted by atomic mass is 32.1. The zero-order chi connectivity index (χ0) is 53.3. The minimum absolute atomic E-state index is 0.0307. The van der Waals surface area contributed by atoms with E-state index in [-0.39, 0.29) is 59.3 Å². The molecule has 18 heteroatoms. The molecule has 4 fully saturated rings. The van der Waals surface area contributed by atoms with Crippen molar-refractivity contribution >= 4 is 56.6 Å². The first-order valence-electron chi connectivity index (χ1n) is 27.1. The van der Waals surface area contributed by atoms with Gasteiger partial charge in [-0.3, -0.25) is 24.3 Å². The van der Waals surface area contributed by atoms with Crippen LogP contribution in [0.1, 0.15) is 96.0 Å². The molecule has 402 valence electrons. The van der Waals surface area contributed by atoms with Crippen LogP contribution in [0.4, 0.5) is 10.2 Å². The number of amides is 3. The molecular weight excluding hydrogens is 984 g/mol. The highest BCUT2D eigenvalue weighted by molar-refractivity contribution is 7.13. The van der Waals surface area contributed by atoms with E-state index < -0.39 is 23.3 Å². The molecule has 0 spiro atoms. The van der Waals surface area contributed by atoms with E-state index in [0.717, 1.165) is 96.3 Å². The molecule has 6 aromatic rings. The van der Waals surface area contributed by atoms with E-state index in [1.54, 1.807) is 34.6 Å². The molecule has 16 nitrogen and oxygen atoms in total. The number of hydrogen-bond donors (Lipinski definition) is 4. The first-order valence-corrected chi connectivity index (χ1v) is 28.0. The molecule has 5 atom stereocenters. The number of carbonyl (C=O) groups is 3. The Morgan fingerprint density at radius 2 is 1.72 bits per heavy atom. The molecule has 5 unspecified atom stereocenters. The lowest BCUT2D eigenvalue weighted by molar-refractivity contribution is -0.144. The molecule has 7 heterocycles. The number of nitrogens with zero attached hydrogens (tertiary/aromatic N) is 7. The van der Waals surface area contributed by atoms with Crippen molar-refractivity contribution in [2.45, 2.75) is 117 Å². The van der Waals surface area contributed by atoms with Crippen molar-refractivity contribution in [2.24, 2.45) is 11.3 Å². The van der Waals surface area contributed by atoms with Gasteiger partial charge in [-0.1, -0.05) is 70.2 Å². The van der Waals surface area contributed by atoms with Gasteiger partial charge in [0, 0.05) is 50.0 Å². The number of phenols is 1. The molecular formula is C58H71FN10O6S. The highest BCUT2D eigenvalue weighted by Crippen LogP contribution is 2.39. The Balaban J connectivity index is 0.717. The van der Waals surface area contributed by atoms with Crippen LogP contribution in [0.3, 0.4) is 0 Å². The van der Waals surface area contributed by atoms with Gasteiger partial charge in [0.05, 0.1) is 34.1 Å². The van der Waals surface area contributed by atoms with Gasteiger partial charge in [-0.05, 0) is 123 Å². The Kier molecular flexibility index (Phi) is 15.9. The maximum absolute atomic E-state index is 17.1. The first kappa shape index (κ1) is 53.1. The van der Waals surface area contributed by atoms with Crippen molar-refractivity contribution in [1.82, 2.24) is 45.7 Å². The number of halogens is 1. The third-order valence-corrected chi connectivity index (χ3v) is 16.8. The zero-order valence-corrected chi connectivity index (χ0v) is 45.4. The van der Waals surface area contributed by atoms with Crippen LogP contribution in [0.25, 0.3) is 43.4 Å². The number of phenolic OH excluding ortho intramolecular Hbond substituents is 1. The van der Waals surface area contributed by atoms with E-state index in [1.165, 1.54) is 0 Å². The summed E-state index contributed by atoms with van der Waals surface area (Å²) >= 11 is 1.60. The number of piperidine rings is 1. The summed E-state index contributed by atoms with van der Waals surface area (Å²) < 4.78 is 29.3. The van der Waals surface area contributed by atoms with Gasteiger partial charge in [0.1, 0.15) is 48.1 Å². The average molecular weight is 1060 g/mol. The van der Waals surface area contributed by atoms with Crippen LogP contribution >= 0.6 is 11.3 Å². The average Bonchev–Trinajstić information content (AvgIpc) is 4.18. The summed E-state index contributed by atoms with van der Waals surface area (Å²) in [6, 6.07) is 16.3. The van der Waals surface area contributed by atoms with Crippen molar-refractivity contribution in [3.63, 3.8) is 0 Å². The molecule has 4 aliphatic heterocycles. The molecule has 0 radical (unpaired) electrons. The second-order valence-corrected chi connectivity index (χ2v) is 23.1. The molecule has 4 N–H and O–H groups in total. The fourth-order valence-corrected chi connectivity index (χ4v) is 12.4. The Morgan fingerprint density at radius 1 is 0.961 bits per heavy atom. The normalized spacial score (nSPS) is 20.1. The number of aryl methyl sites for hydroxylation is 2. The smallest absolute Gasteiger partial charge is 0.319 e. The van der Waals surface area contributed by atoms with Gasteiger partial charge in [-0.25, -0.2) is 9.37 Å². The van der Waals surface area contributed by atoms with Gasteiger partial charge < -0.3 is 40.3 Å². The number of likely N-dealkylation sites (tertiary alicyclic amines) is 2. The van der Waals surface area contributed by atoms with Crippen molar-refractivity contribution in [3.05, 3.63) is 88.9 Å². The highest BCUT2D eigenvalue weighted by Gasteiger charge is 2.42. The quantitative estimate of drug-likeness (QED) is 0.0687. The van der Waals surface area contributed by atoms with E-state index in [4.69, 9.17) is 24.4 Å². The minimum atomic E-state index is -0.848. The molecule has 10 rings (SSSR count). The minimum Gasteiger partial charge on any atom is -0.508 e. The van der Waals surface area contributed by atoms with Crippen LogP contribution in [0.5, 0.6) is 11.8 Å². The third-order valence-electron chi connectivity index (χ3n) is 15.8. The van der Waals surface area contributed by atoms with Gasteiger partial charge in [-0.15, -0.1) is 11.3 Å². The molecule has 0 saturated carbocycles. The van der Waals surface area contributed by atoms with Crippen molar-refractivity contribution in [3.8, 4) is 33.5 Å². The monoisotopic (exact) mass is 1050 g/mol. The fraction of sp³-hybridized carbons (Fsp3) is 0.500. The number of nitrogens with one attached hydrogen (secondary N) is 3. The lowest BCUT2D eigenvalue weighted by Gasteiger charge is -2.35. The molecule has 0 aliphatic carbocycles. The summed E-state index contributed by atoms with van der Waals surface area (Å²) in [7, 11) is 0. The number of fused-ring (bicyclic) bond motifs is 4. The van der Waals surface area contributed by atoms with Crippen molar-refractivity contribution < 1.29 is 33.4 Å². The van der Waals surface area contributed by atoms with E-state index in [2.05, 4.69) is 37.7 Å². The maximum atomic E-state index is 17.1. The van der Waals surface area contributed by atoms with Gasteiger partial charge in [-0.2, -0.15) is 9.97 Å². The number of thiazole rings is 1. The number of rotatable bonds is 17. The molecule has 76 heavy (non-hydrogen) atoms. The van der Waals surface area contributed by atoms with E-state index in [1.807, 2.05) is 82.6 Å². The summed E-state index contributed by atoms with van der Waals surface area (Å²) in [6.45, 7) is 16.4. The number of pyridine rings is 1. The number of hydrogen-bond acceptors (Lipinski definition) is 14. The number of aromatic nitrogens is 4. The van der Waals surface area contributed by atoms with Crippen LogP contribution in [0.15, 0.2) is 66.3 Å². The van der Waals surface area contributed by atoms with Gasteiger partial charge in [0.2, 0.25) is 17.7 Å². The van der Waals surface area contributed by atoms with Crippen LogP contribution in [0, 0.1) is 24.1 Å². The predicted molar refractivity (Wildman–Crippen MR) is 294 cm³/mol. The fourth-order valence-electron chi connectivity index (χ4n) is 11.6. The predicted octanol–water partition coefficient (Wildman–Crippen LogP) is 8.13. The Hall–Kier alpha value is -6.34. The number of aromatic hydroxyl groups is 1. The standard InChI is InChI=1S/C58H71FN10O6S/c1-7-37-10-8-11-40-26-43(70)27-44(48(37)40)50-49(59)51-45(28-60-50)54(68-29-41-17-18-42(30-68)63-41)66-57(65-51)75-25-24-67-22-19-36(20-23-67)31-74-32-47(71)64-53(58(4,5)6)56(73)69-21-9-12-46(69)55(72)62-34(2)38-13-15-39(16-14-38)52-35(3)61-33-76-52/h8,10-11,13-16,26-28,33-34,36,41-42,46,53,63,70H,7,9,12,17-25,29-32H2,1-6H3,(H,62,72)(H,64,71). The largest absolute Gasteiger partial charge is 0.508 e. The maximum Gasteiger partial charge on any atom is 0.319 e. The number of carbonyl (C=O) groups excluding carboxylic acids is 3. The Labute approximate surface area is 448 Å². The summed E-state index contributed by atoms with van der Waals surface area (Å²) in [5, 5.41) is 22.7. The summed E-state index contributed by atoms with van der Waals surface area (Å²) in [5.41, 5.74) is 6.03. The second-order valence-electron chi connectivity index (χ2n) is 22.2. The molecule has 3 aromatic heterocycles. The molecule has 4 aliphatic rings. The molecule has 3 aromatic carbocycles. The third kappa shape index (κ3) is 11.5. The summed E-state index contributed by atoms with van der Waals surface area (Å²) in [6.07, 6.45) is 7.51. The first-order chi connectivity index (χ1) is 36.6. The zero-order valence-electron chi connectivity index (χ0n) is 44.5. The van der Waals surface area contributed by atoms with Crippen LogP contribution in [-0.2, 0) is 25.5 Å². The Morgan fingerprint density at radius 3 is 2.43 bits per heavy atom. The van der Waals surface area contributed by atoms with Gasteiger partial charge in [0.25, 0.3) is 0 Å². The topological polar surface area (TPSA) is 187 Å². The molecule has 3 amide bonds. The lowest BCUT2D eigenvalue weighted by atomic mass is 9.85. The van der Waals surface area contributed by atoms with Crippen molar-refractivity contribution in [1.29, 1.82) is 0 Å². The van der Waals surface area contributed by atoms with Gasteiger partial charge >= 0.3 is 6.01 Å². The van der Waals surface area contributed by atoms with E-state index in [9.17, 15) is 19.5 Å². The Bertz CT molecular complexity index is 3070. The number of anilines is 1. The number of piperazine rings is 1. The van der Waals surface area contributed by atoms with E-state index >= 15 is 4.39 Å². The second kappa shape index (κ2) is 22.7. The number of benzene rings is 3. The van der Waals surface area contributed by atoms with Crippen LogP contribution in [-0.4, -0.2) is 136 Å².